The zero-order valence-corrected chi connectivity index (χ0v) is 17.3. The van der Waals surface area contributed by atoms with Crippen LogP contribution in [-0.4, -0.2) is 39.6 Å². The van der Waals surface area contributed by atoms with Gasteiger partial charge in [-0.25, -0.2) is 9.36 Å². The van der Waals surface area contributed by atoms with Gasteiger partial charge in [-0.3, -0.25) is 14.2 Å². The summed E-state index contributed by atoms with van der Waals surface area (Å²) >= 11 is 1.27. The molecular weight excluding hydrogens is 390 g/mol. The van der Waals surface area contributed by atoms with Crippen molar-refractivity contribution in [3.8, 4) is 11.4 Å². The second-order valence-corrected chi connectivity index (χ2v) is 8.19. The lowest BCUT2D eigenvalue weighted by atomic mass is 10.0. The molecule has 0 saturated carbocycles. The van der Waals surface area contributed by atoms with Crippen molar-refractivity contribution in [1.29, 1.82) is 0 Å². The molecule has 4 rings (SSSR count). The zero-order valence-electron chi connectivity index (χ0n) is 16.5. The third-order valence-corrected chi connectivity index (χ3v) is 6.37. The number of piperidine rings is 1. The molecule has 8 heteroatoms. The van der Waals surface area contributed by atoms with Crippen LogP contribution in [0.1, 0.15) is 26.2 Å². The lowest BCUT2D eigenvalue weighted by Gasteiger charge is -2.33. The molecule has 0 N–H and O–H groups in total. The molecule has 0 bridgehead atoms. The van der Waals surface area contributed by atoms with Crippen molar-refractivity contribution in [2.45, 2.75) is 38.8 Å². The Hall–Kier alpha value is -2.87. The molecule has 1 aromatic carbocycles. The number of nitrogens with zero attached hydrogens (tertiary/aromatic N) is 3. The molecule has 1 saturated heterocycles. The molecule has 0 aliphatic carbocycles. The van der Waals surface area contributed by atoms with E-state index in [0.717, 1.165) is 23.8 Å². The molecule has 7 nitrogen and oxygen atoms in total. The molecular formula is C21H23N3O4S. The highest BCUT2D eigenvalue weighted by molar-refractivity contribution is 7.17. The van der Waals surface area contributed by atoms with Gasteiger partial charge in [0, 0.05) is 18.7 Å². The van der Waals surface area contributed by atoms with Gasteiger partial charge in [0.25, 0.3) is 5.56 Å². The molecule has 1 aliphatic rings. The summed E-state index contributed by atoms with van der Waals surface area (Å²) in [5, 5.41) is 1.77. The number of fused-ring (bicyclic) bond motifs is 1. The molecule has 152 valence electrons. The van der Waals surface area contributed by atoms with Crippen LogP contribution in [0.3, 0.4) is 0 Å². The maximum atomic E-state index is 13.3. The quantitative estimate of drug-likeness (QED) is 0.659. The van der Waals surface area contributed by atoms with Crippen LogP contribution in [0.15, 0.2) is 45.3 Å². The predicted octanol–water partition coefficient (Wildman–Crippen LogP) is 2.62. The van der Waals surface area contributed by atoms with Crippen LogP contribution in [0, 0.1) is 0 Å². The number of benzene rings is 1. The number of likely N-dealkylation sites (tertiary alicyclic amines) is 1. The van der Waals surface area contributed by atoms with Crippen molar-refractivity contribution >= 4 is 27.5 Å². The number of carbonyl (C=O) groups excluding carboxylic acids is 1. The maximum Gasteiger partial charge on any atom is 0.336 e. The number of hydrogen-bond acceptors (Lipinski definition) is 5. The Labute approximate surface area is 171 Å². The second kappa shape index (κ2) is 7.87. The van der Waals surface area contributed by atoms with Gasteiger partial charge in [0.15, 0.2) is 0 Å². The fourth-order valence-corrected chi connectivity index (χ4v) is 4.74. The van der Waals surface area contributed by atoms with E-state index >= 15 is 0 Å². The van der Waals surface area contributed by atoms with E-state index in [1.54, 1.807) is 35.7 Å². The highest BCUT2D eigenvalue weighted by atomic mass is 32.1. The number of ether oxygens (including phenoxy) is 1. The molecule has 0 unspecified atom stereocenters. The van der Waals surface area contributed by atoms with Gasteiger partial charge in [-0.15, -0.1) is 11.3 Å². The molecule has 0 spiro atoms. The molecule has 3 aromatic rings. The van der Waals surface area contributed by atoms with E-state index < -0.39 is 5.69 Å². The van der Waals surface area contributed by atoms with E-state index in [2.05, 4.69) is 0 Å². The lowest BCUT2D eigenvalue weighted by Crippen LogP contribution is -2.46. The first kappa shape index (κ1) is 19.4. The standard InChI is InChI=1S/C21H23N3O4S/c1-14-6-3-4-10-22(14)18(25)13-23-17-9-11-29-19(17)20(26)24(21(23)27)15-7-5-8-16(12-15)28-2/h5,7-9,11-12,14H,3-4,6,10,13H2,1-2H3/t14-/m1/s1. The van der Waals surface area contributed by atoms with Gasteiger partial charge in [0.2, 0.25) is 5.91 Å². The van der Waals surface area contributed by atoms with Gasteiger partial charge < -0.3 is 9.64 Å². The molecule has 1 amide bonds. The Balaban J connectivity index is 1.84. The summed E-state index contributed by atoms with van der Waals surface area (Å²) in [6.45, 7) is 2.66. The normalized spacial score (nSPS) is 16.9. The first-order valence-electron chi connectivity index (χ1n) is 9.68. The Bertz CT molecular complexity index is 1180. The minimum absolute atomic E-state index is 0.0827. The molecule has 0 radical (unpaired) electrons. The minimum atomic E-state index is -0.521. The number of carbonyl (C=O) groups is 1. The van der Waals surface area contributed by atoms with Crippen LogP contribution < -0.4 is 16.0 Å². The highest BCUT2D eigenvalue weighted by Crippen LogP contribution is 2.20. The molecule has 3 heterocycles. The summed E-state index contributed by atoms with van der Waals surface area (Å²) in [4.78, 5) is 41.2. The van der Waals surface area contributed by atoms with Crippen LogP contribution in [0.2, 0.25) is 0 Å². The Morgan fingerprint density at radius 1 is 1.24 bits per heavy atom. The third-order valence-electron chi connectivity index (χ3n) is 5.48. The molecule has 29 heavy (non-hydrogen) atoms. The maximum absolute atomic E-state index is 13.3. The van der Waals surface area contributed by atoms with Crippen LogP contribution >= 0.6 is 11.3 Å². The summed E-state index contributed by atoms with van der Waals surface area (Å²) in [6, 6.07) is 8.69. The zero-order chi connectivity index (χ0) is 20.5. The summed E-state index contributed by atoms with van der Waals surface area (Å²) in [6.07, 6.45) is 3.06. The number of hydrogen-bond donors (Lipinski definition) is 0. The second-order valence-electron chi connectivity index (χ2n) is 7.28. The summed E-state index contributed by atoms with van der Waals surface area (Å²) in [5.74, 6) is 0.451. The van der Waals surface area contributed by atoms with Gasteiger partial charge in [0.1, 0.15) is 17.0 Å². The minimum Gasteiger partial charge on any atom is -0.497 e. The first-order chi connectivity index (χ1) is 14.0. The fraction of sp³-hybridized carbons (Fsp3) is 0.381. The molecule has 2 aromatic heterocycles. The molecule has 1 atom stereocenters. The van der Waals surface area contributed by atoms with Crippen LogP contribution in [0.25, 0.3) is 15.9 Å². The smallest absolute Gasteiger partial charge is 0.336 e. The van der Waals surface area contributed by atoms with Crippen LogP contribution in [-0.2, 0) is 11.3 Å². The summed E-state index contributed by atoms with van der Waals surface area (Å²) in [7, 11) is 1.53. The average Bonchev–Trinajstić information content (AvgIpc) is 3.22. The van der Waals surface area contributed by atoms with E-state index in [1.807, 2.05) is 11.8 Å². The number of thiophene rings is 1. The number of amides is 1. The van der Waals surface area contributed by atoms with Crippen LogP contribution in [0.5, 0.6) is 5.75 Å². The van der Waals surface area contributed by atoms with Crippen LogP contribution in [0.4, 0.5) is 0 Å². The van der Waals surface area contributed by atoms with Crippen molar-refractivity contribution in [1.82, 2.24) is 14.0 Å². The van der Waals surface area contributed by atoms with E-state index in [0.29, 0.717) is 28.2 Å². The molecule has 1 fully saturated rings. The Kier molecular flexibility index (Phi) is 5.27. The van der Waals surface area contributed by atoms with E-state index in [4.69, 9.17) is 4.74 Å². The van der Waals surface area contributed by atoms with Gasteiger partial charge in [0.05, 0.1) is 18.3 Å². The summed E-state index contributed by atoms with van der Waals surface area (Å²) in [5.41, 5.74) is 0.0137. The van der Waals surface area contributed by atoms with Gasteiger partial charge in [-0.1, -0.05) is 6.07 Å². The highest BCUT2D eigenvalue weighted by Gasteiger charge is 2.25. The van der Waals surface area contributed by atoms with E-state index in [-0.39, 0.29) is 24.1 Å². The SMILES string of the molecule is COc1cccc(-n2c(=O)c3sccc3n(CC(=O)N3CCCC[C@H]3C)c2=O)c1. The average molecular weight is 413 g/mol. The van der Waals surface area contributed by atoms with Gasteiger partial charge in [-0.05, 0) is 49.8 Å². The predicted molar refractivity (Wildman–Crippen MR) is 113 cm³/mol. The number of methoxy groups -OCH3 is 1. The van der Waals surface area contributed by atoms with Gasteiger partial charge in [-0.2, -0.15) is 0 Å². The number of aromatic nitrogens is 2. The van der Waals surface area contributed by atoms with E-state index in [9.17, 15) is 14.4 Å². The Morgan fingerprint density at radius 2 is 2.07 bits per heavy atom. The van der Waals surface area contributed by atoms with Crippen molar-refractivity contribution in [3.63, 3.8) is 0 Å². The van der Waals surface area contributed by atoms with Gasteiger partial charge >= 0.3 is 5.69 Å². The van der Waals surface area contributed by atoms with Crippen molar-refractivity contribution in [3.05, 3.63) is 56.5 Å². The topological polar surface area (TPSA) is 73.5 Å². The Morgan fingerprint density at radius 3 is 2.83 bits per heavy atom. The van der Waals surface area contributed by atoms with Crippen molar-refractivity contribution in [2.24, 2.45) is 0 Å². The third kappa shape index (κ3) is 3.48. The van der Waals surface area contributed by atoms with Crippen molar-refractivity contribution in [2.75, 3.05) is 13.7 Å². The molecule has 1 aliphatic heterocycles. The largest absolute Gasteiger partial charge is 0.497 e. The monoisotopic (exact) mass is 413 g/mol. The van der Waals surface area contributed by atoms with Crippen molar-refractivity contribution < 1.29 is 9.53 Å². The fourth-order valence-electron chi connectivity index (χ4n) is 3.91. The number of rotatable bonds is 4. The summed E-state index contributed by atoms with van der Waals surface area (Å²) < 4.78 is 8.22. The van der Waals surface area contributed by atoms with E-state index in [1.165, 1.54) is 23.0 Å². The first-order valence-corrected chi connectivity index (χ1v) is 10.6. The lowest BCUT2D eigenvalue weighted by molar-refractivity contribution is -0.135.